The molecule has 4 N–H and O–H groups in total. The molecule has 5 nitrogen and oxygen atoms in total. The number of carbonyl (C=O) groups excluding carboxylic acids is 1. The van der Waals surface area contributed by atoms with Crippen molar-refractivity contribution >= 4 is 11.7 Å². The molecule has 1 spiro atoms. The highest BCUT2D eigenvalue weighted by Crippen LogP contribution is 2.70. The number of hydrogen-bond donors (Lipinski definition) is 4. The minimum atomic E-state index is -4.43. The summed E-state index contributed by atoms with van der Waals surface area (Å²) in [6.07, 6.45) is 0.141. The molecule has 4 aliphatic carbocycles. The van der Waals surface area contributed by atoms with E-state index in [9.17, 15) is 28.2 Å². The first kappa shape index (κ1) is 24.6. The smallest absolute Gasteiger partial charge is 0.393 e. The third-order valence-electron chi connectivity index (χ3n) is 10.0. The first-order chi connectivity index (χ1) is 16.3. The standard InChI is InChI=1S/C27H35F3N2O3/c1-15-16-13-19(33)21-24(2)10-4-11-25(3,20(24)9-12-26(21,14-16)22(15)34)32-23(35)31-18-7-5-17(6-8-18)27(28,29)30/h5-8,16,19-22,33-34H,1,4,9-14H2,2-3H3,(H2,31,32,35)/t16-,19-,20-,21-,22+,24+,25+,26+/m0/s1. The van der Waals surface area contributed by atoms with Gasteiger partial charge in [-0.2, -0.15) is 13.2 Å². The Bertz CT molecular complexity index is 1030. The second-order valence-corrected chi connectivity index (χ2v) is 11.9. The molecule has 1 aromatic rings. The molecule has 4 fully saturated rings. The Kier molecular flexibility index (Phi) is 5.61. The number of alkyl halides is 3. The van der Waals surface area contributed by atoms with E-state index in [1.807, 2.05) is 6.92 Å². The zero-order valence-corrected chi connectivity index (χ0v) is 20.3. The van der Waals surface area contributed by atoms with Gasteiger partial charge in [-0.25, -0.2) is 4.79 Å². The first-order valence-electron chi connectivity index (χ1n) is 12.6. The van der Waals surface area contributed by atoms with Crippen molar-refractivity contribution in [3.8, 4) is 0 Å². The predicted octanol–water partition coefficient (Wildman–Crippen LogP) is 5.49. The van der Waals surface area contributed by atoms with Crippen LogP contribution in [0.3, 0.4) is 0 Å². The highest BCUT2D eigenvalue weighted by Gasteiger charge is 2.69. The van der Waals surface area contributed by atoms with Crippen LogP contribution in [0.4, 0.5) is 23.7 Å². The second-order valence-electron chi connectivity index (χ2n) is 11.9. The van der Waals surface area contributed by atoms with Gasteiger partial charge in [-0.05, 0) is 98.5 Å². The van der Waals surface area contributed by atoms with Crippen molar-refractivity contribution in [2.45, 2.75) is 82.7 Å². The molecular weight excluding hydrogens is 457 g/mol. The number of nitrogens with one attached hydrogen (secondary N) is 2. The molecule has 8 atom stereocenters. The number of fused-ring (bicyclic) bond motifs is 3. The van der Waals surface area contributed by atoms with Crippen LogP contribution in [-0.2, 0) is 6.18 Å². The lowest BCUT2D eigenvalue weighted by Gasteiger charge is -2.65. The maximum Gasteiger partial charge on any atom is 0.416 e. The number of urea groups is 1. The number of hydrogen-bond acceptors (Lipinski definition) is 3. The van der Waals surface area contributed by atoms with E-state index in [1.165, 1.54) is 12.1 Å². The van der Waals surface area contributed by atoms with Gasteiger partial charge in [0.25, 0.3) is 0 Å². The summed E-state index contributed by atoms with van der Waals surface area (Å²) in [6, 6.07) is 3.96. The van der Waals surface area contributed by atoms with Gasteiger partial charge in [0, 0.05) is 16.6 Å². The van der Waals surface area contributed by atoms with Gasteiger partial charge in [0.15, 0.2) is 0 Å². The zero-order valence-electron chi connectivity index (χ0n) is 20.3. The van der Waals surface area contributed by atoms with E-state index in [0.29, 0.717) is 12.1 Å². The summed E-state index contributed by atoms with van der Waals surface area (Å²) in [7, 11) is 0. The summed E-state index contributed by atoms with van der Waals surface area (Å²) in [5, 5.41) is 28.4. The number of anilines is 1. The summed E-state index contributed by atoms with van der Waals surface area (Å²) in [5.74, 6) is 0.197. The molecule has 2 amide bonds. The number of carbonyl (C=O) groups is 1. The van der Waals surface area contributed by atoms with Crippen molar-refractivity contribution in [1.82, 2.24) is 5.32 Å². The van der Waals surface area contributed by atoms with E-state index in [-0.39, 0.29) is 28.6 Å². The molecule has 0 saturated heterocycles. The van der Waals surface area contributed by atoms with E-state index in [4.69, 9.17) is 0 Å². The van der Waals surface area contributed by atoms with Crippen LogP contribution in [0.2, 0.25) is 0 Å². The highest BCUT2D eigenvalue weighted by atomic mass is 19.4. The summed E-state index contributed by atoms with van der Waals surface area (Å²) in [5.41, 5.74) is -0.766. The molecule has 0 radical (unpaired) electrons. The van der Waals surface area contributed by atoms with E-state index in [1.54, 1.807) is 0 Å². The van der Waals surface area contributed by atoms with Crippen LogP contribution >= 0.6 is 0 Å². The monoisotopic (exact) mass is 492 g/mol. The van der Waals surface area contributed by atoms with E-state index in [2.05, 4.69) is 24.1 Å². The van der Waals surface area contributed by atoms with Gasteiger partial charge in [-0.15, -0.1) is 0 Å². The van der Waals surface area contributed by atoms with Crippen LogP contribution in [0.1, 0.15) is 64.4 Å². The quantitative estimate of drug-likeness (QED) is 0.412. The lowest BCUT2D eigenvalue weighted by molar-refractivity contribution is -0.195. The van der Waals surface area contributed by atoms with Crippen molar-refractivity contribution < 1.29 is 28.2 Å². The van der Waals surface area contributed by atoms with Gasteiger partial charge in [0.05, 0.1) is 17.8 Å². The summed E-state index contributed by atoms with van der Waals surface area (Å²) in [6.45, 7) is 8.42. The normalized spacial score (nSPS) is 42.7. The largest absolute Gasteiger partial charge is 0.416 e. The van der Waals surface area contributed by atoms with Crippen LogP contribution in [-0.4, -0.2) is 34.0 Å². The third-order valence-corrected chi connectivity index (χ3v) is 10.0. The predicted molar refractivity (Wildman–Crippen MR) is 126 cm³/mol. The lowest BCUT2D eigenvalue weighted by Crippen LogP contribution is -2.67. The SMILES string of the molecule is C=C1[C@H]2C[C@H](O)[C@H]3[C@]4(C)CCC[C@@](C)(NC(=O)Nc5ccc(C(F)(F)F)cc5)[C@H]4CC[C@]3(C2)[C@@H]1O. The second kappa shape index (κ2) is 7.97. The van der Waals surface area contributed by atoms with Crippen LogP contribution in [0.15, 0.2) is 36.4 Å². The summed E-state index contributed by atoms with van der Waals surface area (Å²) >= 11 is 0. The van der Waals surface area contributed by atoms with Crippen molar-refractivity contribution in [2.24, 2.45) is 28.6 Å². The number of benzene rings is 1. The van der Waals surface area contributed by atoms with Crippen molar-refractivity contribution in [3.63, 3.8) is 0 Å². The first-order valence-corrected chi connectivity index (χ1v) is 12.6. The maximum atomic E-state index is 13.0. The topological polar surface area (TPSA) is 81.6 Å². The van der Waals surface area contributed by atoms with Crippen LogP contribution in [0, 0.1) is 28.6 Å². The number of aliphatic hydroxyl groups is 2. The maximum absolute atomic E-state index is 13.0. The average Bonchev–Trinajstić information content (AvgIpc) is 2.93. The third kappa shape index (κ3) is 3.70. The van der Waals surface area contributed by atoms with E-state index < -0.39 is 35.5 Å². The number of amides is 2. The Morgan fingerprint density at radius 2 is 1.80 bits per heavy atom. The minimum absolute atomic E-state index is 0.0707. The van der Waals surface area contributed by atoms with Gasteiger partial charge in [-0.3, -0.25) is 0 Å². The van der Waals surface area contributed by atoms with Gasteiger partial charge in [-0.1, -0.05) is 19.9 Å². The molecule has 0 aliphatic heterocycles. The summed E-state index contributed by atoms with van der Waals surface area (Å²) < 4.78 is 38.5. The number of rotatable bonds is 2. The molecule has 0 heterocycles. The fourth-order valence-corrected chi connectivity index (χ4v) is 8.79. The van der Waals surface area contributed by atoms with Gasteiger partial charge < -0.3 is 20.8 Å². The minimum Gasteiger partial charge on any atom is -0.393 e. The van der Waals surface area contributed by atoms with Crippen molar-refractivity contribution in [1.29, 1.82) is 0 Å². The van der Waals surface area contributed by atoms with Gasteiger partial charge in [0.2, 0.25) is 0 Å². The summed E-state index contributed by atoms with van der Waals surface area (Å²) in [4.78, 5) is 13.0. The molecule has 4 saturated carbocycles. The fraction of sp³-hybridized carbons (Fsp3) is 0.667. The molecule has 192 valence electrons. The number of aliphatic hydroxyl groups excluding tert-OH is 2. The van der Waals surface area contributed by atoms with E-state index in [0.717, 1.165) is 56.2 Å². The highest BCUT2D eigenvalue weighted by molar-refractivity contribution is 5.89. The molecule has 4 aliphatic rings. The lowest BCUT2D eigenvalue weighted by atomic mass is 9.41. The number of halogens is 3. The van der Waals surface area contributed by atoms with Crippen molar-refractivity contribution in [2.75, 3.05) is 5.32 Å². The van der Waals surface area contributed by atoms with Crippen LogP contribution in [0.5, 0.6) is 0 Å². The molecular formula is C27H35F3N2O3. The molecule has 5 rings (SSSR count). The Labute approximate surface area is 204 Å². The Morgan fingerprint density at radius 3 is 2.46 bits per heavy atom. The van der Waals surface area contributed by atoms with Gasteiger partial charge in [0.1, 0.15) is 0 Å². The van der Waals surface area contributed by atoms with Crippen LogP contribution < -0.4 is 10.6 Å². The fourth-order valence-electron chi connectivity index (χ4n) is 8.79. The average molecular weight is 493 g/mol. The van der Waals surface area contributed by atoms with Crippen LogP contribution in [0.25, 0.3) is 0 Å². The van der Waals surface area contributed by atoms with Crippen molar-refractivity contribution in [3.05, 3.63) is 42.0 Å². The molecule has 0 unspecified atom stereocenters. The Morgan fingerprint density at radius 1 is 1.11 bits per heavy atom. The molecule has 0 aromatic heterocycles. The van der Waals surface area contributed by atoms with E-state index >= 15 is 0 Å². The molecule has 8 heteroatoms. The zero-order chi connectivity index (χ0) is 25.4. The molecule has 35 heavy (non-hydrogen) atoms. The Balaban J connectivity index is 1.36. The Hall–Kier alpha value is -2.06. The molecule has 2 bridgehead atoms. The molecule has 1 aromatic carbocycles. The van der Waals surface area contributed by atoms with Gasteiger partial charge >= 0.3 is 12.2 Å².